The number of benzene rings is 3. The molecule has 0 aliphatic heterocycles. The summed E-state index contributed by atoms with van der Waals surface area (Å²) in [4.78, 5) is 14.2. The van der Waals surface area contributed by atoms with Gasteiger partial charge in [-0.3, -0.25) is 4.79 Å². The van der Waals surface area contributed by atoms with E-state index in [1.165, 1.54) is 24.3 Å². The maximum atomic E-state index is 14.3. The van der Waals surface area contributed by atoms with Crippen LogP contribution in [-0.4, -0.2) is 21.8 Å². The Morgan fingerprint density at radius 1 is 0.914 bits per heavy atom. The molecule has 3 N–H and O–H groups in total. The number of phenolic OH excluding ortho intramolecular Hbond substituents is 1. The Hall–Kier alpha value is -3.71. The van der Waals surface area contributed by atoms with E-state index < -0.39 is 18.6 Å². The number of unbranched alkanes of at least 4 members (excludes halogenated alkanes) is 1. The molecule has 1 aromatic heterocycles. The van der Waals surface area contributed by atoms with E-state index in [-0.39, 0.29) is 16.9 Å². The van der Waals surface area contributed by atoms with Crippen molar-refractivity contribution in [2.75, 3.05) is 6.61 Å². The average Bonchev–Trinajstić information content (AvgIpc) is 2.87. The minimum atomic E-state index is -3.07. The second kappa shape index (κ2) is 10.7. The fourth-order valence-corrected chi connectivity index (χ4v) is 4.06. The highest BCUT2D eigenvalue weighted by molar-refractivity contribution is 5.87. The molecular weight excluding hydrogens is 452 g/mol. The van der Waals surface area contributed by atoms with Crippen molar-refractivity contribution in [3.63, 3.8) is 0 Å². The zero-order chi connectivity index (χ0) is 24.8. The summed E-state index contributed by atoms with van der Waals surface area (Å²) >= 11 is 0. The number of phenols is 1. The molecule has 3 aromatic carbocycles. The van der Waals surface area contributed by atoms with E-state index in [4.69, 9.17) is 4.74 Å². The van der Waals surface area contributed by atoms with Crippen molar-refractivity contribution in [1.82, 2.24) is 4.98 Å². The molecular formula is C28H27F2NO4. The van der Waals surface area contributed by atoms with Crippen LogP contribution in [0.5, 0.6) is 11.5 Å². The summed E-state index contributed by atoms with van der Waals surface area (Å²) in [6.07, 6.45) is 2.15. The van der Waals surface area contributed by atoms with E-state index in [0.717, 1.165) is 24.8 Å². The lowest BCUT2D eigenvalue weighted by Gasteiger charge is -2.17. The Balaban J connectivity index is 1.26. The standard InChI is InChI=1S/C28H27F2NO4/c29-28(30,20-7-2-1-3-8-20)18-35-21-12-10-19(11-13-21)6-4-5-9-24(32)22-14-16-25(33)27-23(22)15-17-26(34)31-27/h1-3,7-8,10-17,24,32-33H,4-6,9,18H2,(H,31,34)/t24-/m0/s1. The quantitative estimate of drug-likeness (QED) is 0.249. The number of aromatic nitrogens is 1. The number of aliphatic hydroxyl groups is 1. The lowest BCUT2D eigenvalue weighted by atomic mass is 9.97. The Morgan fingerprint density at radius 2 is 1.66 bits per heavy atom. The average molecular weight is 480 g/mol. The number of alkyl halides is 2. The zero-order valence-electron chi connectivity index (χ0n) is 19.1. The van der Waals surface area contributed by atoms with Crippen molar-refractivity contribution in [2.24, 2.45) is 0 Å². The normalized spacial score (nSPS) is 12.5. The molecule has 0 aliphatic carbocycles. The summed E-state index contributed by atoms with van der Waals surface area (Å²) in [6.45, 7) is -0.728. The molecule has 0 amide bonds. The Bertz CT molecular complexity index is 1320. The molecule has 1 atom stereocenters. The van der Waals surface area contributed by atoms with Crippen LogP contribution < -0.4 is 10.3 Å². The van der Waals surface area contributed by atoms with Crippen LogP contribution in [0.1, 0.15) is 42.1 Å². The van der Waals surface area contributed by atoms with Gasteiger partial charge in [-0.2, -0.15) is 8.78 Å². The van der Waals surface area contributed by atoms with Crippen LogP contribution in [0.4, 0.5) is 8.78 Å². The van der Waals surface area contributed by atoms with Crippen LogP contribution in [0.3, 0.4) is 0 Å². The summed E-state index contributed by atoms with van der Waals surface area (Å²) in [5.74, 6) is -2.72. The molecule has 5 nitrogen and oxygen atoms in total. The number of aromatic hydroxyl groups is 1. The van der Waals surface area contributed by atoms with E-state index in [1.54, 1.807) is 42.5 Å². The number of aromatic amines is 1. The van der Waals surface area contributed by atoms with Gasteiger partial charge in [0.15, 0.2) is 6.61 Å². The first-order valence-electron chi connectivity index (χ1n) is 11.5. The van der Waals surface area contributed by atoms with E-state index in [1.807, 2.05) is 12.1 Å². The SMILES string of the molecule is O=c1ccc2c([C@@H](O)CCCCc3ccc(OCC(F)(F)c4ccccc4)cc3)ccc(O)c2[nH]1. The molecule has 35 heavy (non-hydrogen) atoms. The fourth-order valence-electron chi connectivity index (χ4n) is 4.06. The molecule has 0 saturated carbocycles. The lowest BCUT2D eigenvalue weighted by molar-refractivity contribution is -0.0467. The molecule has 0 saturated heterocycles. The van der Waals surface area contributed by atoms with Crippen LogP contribution in [-0.2, 0) is 12.3 Å². The van der Waals surface area contributed by atoms with Gasteiger partial charge in [0.25, 0.3) is 0 Å². The molecule has 4 aromatic rings. The van der Waals surface area contributed by atoms with Crippen molar-refractivity contribution in [2.45, 2.75) is 37.7 Å². The molecule has 0 radical (unpaired) electrons. The van der Waals surface area contributed by atoms with Crippen LogP contribution >= 0.6 is 0 Å². The molecule has 0 unspecified atom stereocenters. The number of halogens is 2. The summed E-state index contributed by atoms with van der Waals surface area (Å²) in [5.41, 5.74) is 1.63. The van der Waals surface area contributed by atoms with E-state index in [9.17, 15) is 23.8 Å². The predicted octanol–water partition coefficient (Wildman–Crippen LogP) is 5.85. The summed E-state index contributed by atoms with van der Waals surface area (Å²) in [7, 11) is 0. The van der Waals surface area contributed by atoms with Gasteiger partial charge in [-0.15, -0.1) is 0 Å². The van der Waals surface area contributed by atoms with Crippen molar-refractivity contribution in [1.29, 1.82) is 0 Å². The number of hydrogen-bond donors (Lipinski definition) is 3. The first kappa shape index (κ1) is 24.4. The highest BCUT2D eigenvalue weighted by atomic mass is 19.3. The predicted molar refractivity (Wildman–Crippen MR) is 131 cm³/mol. The van der Waals surface area contributed by atoms with Gasteiger partial charge in [-0.1, -0.05) is 55.0 Å². The number of ether oxygens (including phenoxy) is 1. The maximum Gasteiger partial charge on any atom is 0.306 e. The fraction of sp³-hybridized carbons (Fsp3) is 0.250. The van der Waals surface area contributed by atoms with Gasteiger partial charge < -0.3 is 19.9 Å². The zero-order valence-corrected chi connectivity index (χ0v) is 19.1. The van der Waals surface area contributed by atoms with Crippen LogP contribution in [0.25, 0.3) is 10.9 Å². The first-order chi connectivity index (χ1) is 16.8. The Morgan fingerprint density at radius 3 is 2.40 bits per heavy atom. The number of aliphatic hydroxyl groups excluding tert-OH is 1. The van der Waals surface area contributed by atoms with Crippen LogP contribution in [0.15, 0.2) is 83.7 Å². The smallest absolute Gasteiger partial charge is 0.306 e. The van der Waals surface area contributed by atoms with Crippen molar-refractivity contribution in [3.8, 4) is 11.5 Å². The number of aryl methyl sites for hydroxylation is 1. The third kappa shape index (κ3) is 6.05. The second-order valence-electron chi connectivity index (χ2n) is 8.55. The number of hydrogen-bond acceptors (Lipinski definition) is 4. The monoisotopic (exact) mass is 479 g/mol. The van der Waals surface area contributed by atoms with Crippen molar-refractivity contribution in [3.05, 3.63) is 106 Å². The maximum absolute atomic E-state index is 14.3. The molecule has 0 fully saturated rings. The number of pyridine rings is 1. The minimum absolute atomic E-state index is 0.0372. The van der Waals surface area contributed by atoms with Crippen molar-refractivity contribution < 1.29 is 23.7 Å². The number of H-pyrrole nitrogens is 1. The number of rotatable bonds is 10. The molecule has 4 rings (SSSR count). The molecule has 1 heterocycles. The Kier molecular flexibility index (Phi) is 7.46. The summed E-state index contributed by atoms with van der Waals surface area (Å²) < 4.78 is 33.8. The molecule has 0 bridgehead atoms. The lowest BCUT2D eigenvalue weighted by Crippen LogP contribution is -2.23. The van der Waals surface area contributed by atoms with Gasteiger partial charge in [-0.05, 0) is 54.7 Å². The van der Waals surface area contributed by atoms with E-state index >= 15 is 0 Å². The number of nitrogens with one attached hydrogen (secondary N) is 1. The molecule has 182 valence electrons. The van der Waals surface area contributed by atoms with Crippen molar-refractivity contribution >= 4 is 10.9 Å². The molecule has 0 aliphatic rings. The van der Waals surface area contributed by atoms with Gasteiger partial charge in [0.2, 0.25) is 5.56 Å². The van der Waals surface area contributed by atoms with E-state index in [2.05, 4.69) is 4.98 Å². The van der Waals surface area contributed by atoms with Gasteiger partial charge in [0.1, 0.15) is 11.5 Å². The third-order valence-corrected chi connectivity index (χ3v) is 6.00. The van der Waals surface area contributed by atoms with Gasteiger partial charge in [0.05, 0.1) is 11.6 Å². The highest BCUT2D eigenvalue weighted by Gasteiger charge is 2.32. The van der Waals surface area contributed by atoms with Gasteiger partial charge in [0, 0.05) is 17.0 Å². The highest BCUT2D eigenvalue weighted by Crippen LogP contribution is 2.31. The summed E-state index contributed by atoms with van der Waals surface area (Å²) in [6, 6.07) is 20.8. The van der Waals surface area contributed by atoms with Gasteiger partial charge in [-0.25, -0.2) is 0 Å². The largest absolute Gasteiger partial charge is 0.506 e. The van der Waals surface area contributed by atoms with Gasteiger partial charge >= 0.3 is 5.92 Å². The van der Waals surface area contributed by atoms with E-state index in [0.29, 0.717) is 28.6 Å². The first-order valence-corrected chi connectivity index (χ1v) is 11.5. The topological polar surface area (TPSA) is 82.6 Å². The number of fused-ring (bicyclic) bond motifs is 1. The molecule has 0 spiro atoms. The van der Waals surface area contributed by atoms with Crippen LogP contribution in [0, 0.1) is 0 Å². The Labute approximate surface area is 201 Å². The second-order valence-corrected chi connectivity index (χ2v) is 8.55. The summed E-state index contributed by atoms with van der Waals surface area (Å²) in [5, 5.41) is 21.3. The van der Waals surface area contributed by atoms with Crippen LogP contribution in [0.2, 0.25) is 0 Å². The minimum Gasteiger partial charge on any atom is -0.506 e. The molecule has 7 heteroatoms. The third-order valence-electron chi connectivity index (χ3n) is 6.00.